The van der Waals surface area contributed by atoms with Crippen molar-refractivity contribution in [3.05, 3.63) is 42.1 Å². The summed E-state index contributed by atoms with van der Waals surface area (Å²) in [5.74, 6) is 8.13. The van der Waals surface area contributed by atoms with Crippen LogP contribution < -0.4 is 0 Å². The first kappa shape index (κ1) is 21.5. The van der Waals surface area contributed by atoms with Crippen LogP contribution in [0, 0.1) is 11.8 Å². The van der Waals surface area contributed by atoms with E-state index < -0.39 is 0 Å². The third-order valence-electron chi connectivity index (χ3n) is 7.72. The maximum absolute atomic E-state index is 5.11. The summed E-state index contributed by atoms with van der Waals surface area (Å²) in [4.78, 5) is 5.20. The molecule has 2 unspecified atom stereocenters. The van der Waals surface area contributed by atoms with Gasteiger partial charge in [0.15, 0.2) is 5.76 Å². The van der Waals surface area contributed by atoms with Crippen molar-refractivity contribution in [3.8, 4) is 11.8 Å². The molecule has 170 valence electrons. The Balaban J connectivity index is 0.000000135. The standard InChI is InChI=1S/C13H18N2O.C13H16N2O/c2*1-2-10-15-11-3-7-13(15,6-1)8-4-12-5-9-14-16-12/h4-5,8-9H,1-3,6-7,10-11H2;5,9H,1-3,6-7,10-11H2/b8-4-;. The summed E-state index contributed by atoms with van der Waals surface area (Å²) < 4.78 is 10.1. The molecule has 32 heavy (non-hydrogen) atoms. The Kier molecular flexibility index (Phi) is 6.47. The number of fused-ring (bicyclic) bond motifs is 2. The minimum absolute atomic E-state index is 0.144. The third-order valence-corrected chi connectivity index (χ3v) is 7.72. The average Bonchev–Trinajstić information content (AvgIpc) is 3.63. The summed E-state index contributed by atoms with van der Waals surface area (Å²) in [6.45, 7) is 4.96. The van der Waals surface area contributed by atoms with Crippen LogP contribution in [0.2, 0.25) is 0 Å². The Morgan fingerprint density at radius 3 is 2.31 bits per heavy atom. The van der Waals surface area contributed by atoms with Crippen LogP contribution >= 0.6 is 0 Å². The molecule has 4 aliphatic heterocycles. The third kappa shape index (κ3) is 4.55. The summed E-state index contributed by atoms with van der Waals surface area (Å²) >= 11 is 0. The highest BCUT2D eigenvalue weighted by molar-refractivity contribution is 5.44. The zero-order valence-electron chi connectivity index (χ0n) is 19.0. The number of piperidine rings is 2. The van der Waals surface area contributed by atoms with E-state index in [2.05, 4.69) is 44.1 Å². The molecule has 0 N–H and O–H groups in total. The highest BCUT2D eigenvalue weighted by Gasteiger charge is 2.41. The van der Waals surface area contributed by atoms with E-state index >= 15 is 0 Å². The van der Waals surface area contributed by atoms with Gasteiger partial charge >= 0.3 is 0 Å². The fourth-order valence-corrected chi connectivity index (χ4v) is 6.05. The molecule has 0 radical (unpaired) electrons. The van der Waals surface area contributed by atoms with Gasteiger partial charge in [-0.3, -0.25) is 9.80 Å². The van der Waals surface area contributed by atoms with Gasteiger partial charge in [-0.2, -0.15) is 0 Å². The second-order valence-corrected chi connectivity index (χ2v) is 9.61. The van der Waals surface area contributed by atoms with Crippen molar-refractivity contribution in [2.24, 2.45) is 0 Å². The van der Waals surface area contributed by atoms with Gasteiger partial charge < -0.3 is 9.05 Å². The summed E-state index contributed by atoms with van der Waals surface area (Å²) in [6.07, 6.45) is 20.8. The van der Waals surface area contributed by atoms with Crippen molar-refractivity contribution in [2.45, 2.75) is 75.3 Å². The molecule has 2 aromatic heterocycles. The topological polar surface area (TPSA) is 58.5 Å². The second kappa shape index (κ2) is 9.64. The van der Waals surface area contributed by atoms with E-state index in [0.717, 1.165) is 5.76 Å². The SMILES string of the molecule is C(#CC12CCCCN1CCC2)c1ccno1.C(=C/C12CCCCN1CCC2)/c1ccno1. The van der Waals surface area contributed by atoms with E-state index in [0.29, 0.717) is 11.3 Å². The number of rotatable bonds is 2. The van der Waals surface area contributed by atoms with E-state index in [1.807, 2.05) is 12.1 Å². The van der Waals surface area contributed by atoms with E-state index in [-0.39, 0.29) is 5.54 Å². The van der Waals surface area contributed by atoms with E-state index in [4.69, 9.17) is 9.05 Å². The zero-order valence-corrected chi connectivity index (χ0v) is 19.0. The van der Waals surface area contributed by atoms with Crippen molar-refractivity contribution in [2.75, 3.05) is 26.2 Å². The normalized spacial score (nSPS) is 30.2. The highest BCUT2D eigenvalue weighted by Crippen LogP contribution is 2.39. The second-order valence-electron chi connectivity index (χ2n) is 9.61. The Labute approximate surface area is 191 Å². The molecule has 2 atom stereocenters. The smallest absolute Gasteiger partial charge is 0.209 e. The number of hydrogen-bond donors (Lipinski definition) is 0. The van der Waals surface area contributed by atoms with Gasteiger partial charge in [0.25, 0.3) is 0 Å². The van der Waals surface area contributed by atoms with Crippen molar-refractivity contribution in [1.82, 2.24) is 20.1 Å². The van der Waals surface area contributed by atoms with Crippen LogP contribution in [0.25, 0.3) is 6.08 Å². The quantitative estimate of drug-likeness (QED) is 0.636. The molecule has 0 saturated carbocycles. The molecule has 0 aromatic carbocycles. The summed E-state index contributed by atoms with van der Waals surface area (Å²) in [5, 5.41) is 7.41. The lowest BCUT2D eigenvalue weighted by Gasteiger charge is -2.40. The van der Waals surface area contributed by atoms with Crippen LogP contribution in [0.4, 0.5) is 0 Å². The maximum Gasteiger partial charge on any atom is 0.209 e. The molecule has 6 heteroatoms. The van der Waals surface area contributed by atoms with Gasteiger partial charge in [-0.1, -0.05) is 28.7 Å². The number of aromatic nitrogens is 2. The molecular formula is C26H34N4O2. The van der Waals surface area contributed by atoms with E-state index in [1.54, 1.807) is 12.4 Å². The van der Waals surface area contributed by atoms with Crippen molar-refractivity contribution in [1.29, 1.82) is 0 Å². The van der Waals surface area contributed by atoms with Gasteiger partial charge in [0.05, 0.1) is 17.9 Å². The van der Waals surface area contributed by atoms with Gasteiger partial charge in [0, 0.05) is 17.7 Å². The molecule has 4 aliphatic rings. The first-order valence-corrected chi connectivity index (χ1v) is 12.3. The Morgan fingerprint density at radius 2 is 1.47 bits per heavy atom. The first-order chi connectivity index (χ1) is 15.8. The summed E-state index contributed by atoms with van der Waals surface area (Å²) in [7, 11) is 0. The fraction of sp³-hybridized carbons (Fsp3) is 0.615. The van der Waals surface area contributed by atoms with Crippen LogP contribution in [0.1, 0.15) is 75.7 Å². The van der Waals surface area contributed by atoms with Crippen LogP contribution in [-0.4, -0.2) is 57.4 Å². The molecular weight excluding hydrogens is 400 g/mol. The molecule has 0 bridgehead atoms. The Bertz CT molecular complexity index is 942. The minimum atomic E-state index is 0.144. The molecule has 6 nitrogen and oxygen atoms in total. The maximum atomic E-state index is 5.11. The Hall–Kier alpha value is -2.36. The van der Waals surface area contributed by atoms with Gasteiger partial charge in [-0.15, -0.1) is 0 Å². The fourth-order valence-electron chi connectivity index (χ4n) is 6.05. The van der Waals surface area contributed by atoms with Crippen LogP contribution in [0.5, 0.6) is 0 Å². The van der Waals surface area contributed by atoms with Crippen LogP contribution in [0.15, 0.2) is 39.6 Å². The van der Waals surface area contributed by atoms with Gasteiger partial charge in [-0.05, 0) is 96.0 Å². The average molecular weight is 435 g/mol. The highest BCUT2D eigenvalue weighted by atomic mass is 16.5. The molecule has 4 saturated heterocycles. The molecule has 2 aromatic rings. The van der Waals surface area contributed by atoms with Crippen molar-refractivity contribution >= 4 is 6.08 Å². The first-order valence-electron chi connectivity index (χ1n) is 12.3. The molecule has 4 fully saturated rings. The monoisotopic (exact) mass is 434 g/mol. The Morgan fingerprint density at radius 1 is 0.781 bits per heavy atom. The van der Waals surface area contributed by atoms with E-state index in [9.17, 15) is 0 Å². The van der Waals surface area contributed by atoms with Gasteiger partial charge in [-0.25, -0.2) is 0 Å². The minimum Gasteiger partial charge on any atom is -0.357 e. The molecule has 0 amide bonds. The lowest BCUT2D eigenvalue weighted by molar-refractivity contribution is 0.134. The van der Waals surface area contributed by atoms with Crippen LogP contribution in [0.3, 0.4) is 0 Å². The lowest BCUT2D eigenvalue weighted by atomic mass is 9.86. The van der Waals surface area contributed by atoms with Gasteiger partial charge in [0.1, 0.15) is 0 Å². The molecule has 6 rings (SSSR count). The molecule has 0 spiro atoms. The summed E-state index contributed by atoms with van der Waals surface area (Å²) in [6, 6.07) is 3.74. The molecule has 0 aliphatic carbocycles. The predicted octanol–water partition coefficient (Wildman–Crippen LogP) is 4.75. The van der Waals surface area contributed by atoms with Crippen molar-refractivity contribution in [3.63, 3.8) is 0 Å². The summed E-state index contributed by atoms with van der Waals surface area (Å²) in [5.41, 5.74) is 0.468. The van der Waals surface area contributed by atoms with E-state index in [1.165, 1.54) is 90.4 Å². The zero-order chi connectivity index (χ0) is 21.7. The molecule has 6 heterocycles. The van der Waals surface area contributed by atoms with Gasteiger partial charge in [0.2, 0.25) is 5.76 Å². The number of nitrogens with zero attached hydrogens (tertiary/aromatic N) is 4. The largest absolute Gasteiger partial charge is 0.357 e. The number of hydrogen-bond acceptors (Lipinski definition) is 6. The predicted molar refractivity (Wildman–Crippen MR) is 124 cm³/mol. The van der Waals surface area contributed by atoms with Crippen molar-refractivity contribution < 1.29 is 9.05 Å². The van der Waals surface area contributed by atoms with Crippen LogP contribution in [-0.2, 0) is 0 Å². The lowest BCUT2D eigenvalue weighted by Crippen LogP contribution is -2.46.